The number of likely N-dealkylation sites (tertiary alicyclic amines) is 1. The van der Waals surface area contributed by atoms with Crippen molar-refractivity contribution in [3.05, 3.63) is 0 Å². The summed E-state index contributed by atoms with van der Waals surface area (Å²) in [6.07, 6.45) is 9.17. The van der Waals surface area contributed by atoms with Crippen molar-refractivity contribution in [2.45, 2.75) is 56.9 Å². The van der Waals surface area contributed by atoms with Gasteiger partial charge in [0, 0.05) is 13.1 Å². The van der Waals surface area contributed by atoms with E-state index in [0.29, 0.717) is 5.41 Å². The van der Waals surface area contributed by atoms with Crippen molar-refractivity contribution >= 4 is 5.97 Å². The fraction of sp³-hybridized carbons (Fsp3) is 0.923. The summed E-state index contributed by atoms with van der Waals surface area (Å²) in [7, 11) is 0. The monoisotopic (exact) mass is 223 g/mol. The smallest absolute Gasteiger partial charge is 0.324 e. The molecule has 1 spiro atoms. The van der Waals surface area contributed by atoms with E-state index in [-0.39, 0.29) is 0 Å². The third kappa shape index (κ3) is 1.33. The van der Waals surface area contributed by atoms with E-state index in [4.69, 9.17) is 0 Å². The van der Waals surface area contributed by atoms with E-state index in [1.54, 1.807) is 0 Å². The highest BCUT2D eigenvalue weighted by molar-refractivity contribution is 5.79. The molecule has 1 aliphatic heterocycles. The minimum absolute atomic E-state index is 0.487. The van der Waals surface area contributed by atoms with Gasteiger partial charge in [0.1, 0.15) is 5.54 Å². The van der Waals surface area contributed by atoms with Crippen LogP contribution in [0.25, 0.3) is 0 Å². The number of rotatable bonds is 2. The lowest BCUT2D eigenvalue weighted by Gasteiger charge is -2.61. The van der Waals surface area contributed by atoms with Crippen LogP contribution in [0.15, 0.2) is 0 Å². The molecule has 0 atom stereocenters. The van der Waals surface area contributed by atoms with Crippen LogP contribution in [-0.4, -0.2) is 34.6 Å². The summed E-state index contributed by atoms with van der Waals surface area (Å²) in [6.45, 7) is 2.11. The molecule has 0 aromatic rings. The molecule has 0 bridgehead atoms. The van der Waals surface area contributed by atoms with Crippen molar-refractivity contribution < 1.29 is 9.90 Å². The molecule has 3 nitrogen and oxygen atoms in total. The molecule has 3 fully saturated rings. The lowest BCUT2D eigenvalue weighted by atomic mass is 9.61. The lowest BCUT2D eigenvalue weighted by molar-refractivity contribution is -0.175. The first-order chi connectivity index (χ1) is 7.67. The van der Waals surface area contributed by atoms with Crippen molar-refractivity contribution in [1.29, 1.82) is 0 Å². The first kappa shape index (κ1) is 10.6. The predicted octanol–water partition coefficient (Wildman–Crippen LogP) is 2.26. The molecule has 1 N–H and O–H groups in total. The Kier molecular flexibility index (Phi) is 2.29. The van der Waals surface area contributed by atoms with Gasteiger partial charge in [0.25, 0.3) is 0 Å². The number of hydrogen-bond donors (Lipinski definition) is 1. The maximum Gasteiger partial charge on any atom is 0.324 e. The van der Waals surface area contributed by atoms with Gasteiger partial charge in [-0.15, -0.1) is 0 Å². The van der Waals surface area contributed by atoms with Crippen molar-refractivity contribution in [3.8, 4) is 0 Å². The molecule has 2 saturated carbocycles. The second-order valence-corrected chi connectivity index (χ2v) is 6.11. The van der Waals surface area contributed by atoms with Crippen LogP contribution in [0.4, 0.5) is 0 Å². The summed E-state index contributed by atoms with van der Waals surface area (Å²) in [5, 5.41) is 9.54. The predicted molar refractivity (Wildman–Crippen MR) is 61.3 cm³/mol. The fourth-order valence-corrected chi connectivity index (χ4v) is 3.86. The molecule has 3 aliphatic rings. The summed E-state index contributed by atoms with van der Waals surface area (Å²) in [4.78, 5) is 13.9. The van der Waals surface area contributed by atoms with E-state index in [0.717, 1.165) is 38.8 Å². The molecule has 3 heteroatoms. The lowest BCUT2D eigenvalue weighted by Crippen LogP contribution is -2.70. The standard InChI is InChI=1S/C13H21NO2/c15-11(16)13(7-2-1-3-8-13)14-9-12(10-14)5-4-6-12/h1-10H2,(H,15,16). The van der Waals surface area contributed by atoms with Gasteiger partial charge in [-0.25, -0.2) is 0 Å². The maximum absolute atomic E-state index is 11.6. The first-order valence-corrected chi connectivity index (χ1v) is 6.66. The molecule has 3 rings (SSSR count). The van der Waals surface area contributed by atoms with Crippen LogP contribution in [0.2, 0.25) is 0 Å². The van der Waals surface area contributed by atoms with Crippen LogP contribution in [-0.2, 0) is 4.79 Å². The van der Waals surface area contributed by atoms with E-state index >= 15 is 0 Å². The van der Waals surface area contributed by atoms with Crippen LogP contribution in [0.3, 0.4) is 0 Å². The van der Waals surface area contributed by atoms with Crippen molar-refractivity contribution in [2.24, 2.45) is 5.41 Å². The largest absolute Gasteiger partial charge is 0.480 e. The first-order valence-electron chi connectivity index (χ1n) is 6.66. The molecule has 0 amide bonds. The number of nitrogens with zero attached hydrogens (tertiary/aromatic N) is 1. The molecule has 0 unspecified atom stereocenters. The second kappa shape index (κ2) is 3.46. The molecule has 16 heavy (non-hydrogen) atoms. The number of hydrogen-bond acceptors (Lipinski definition) is 2. The van der Waals surface area contributed by atoms with Gasteiger partial charge in [0.05, 0.1) is 0 Å². The summed E-state index contributed by atoms with van der Waals surface area (Å²) < 4.78 is 0. The Bertz CT molecular complexity index is 295. The van der Waals surface area contributed by atoms with E-state index < -0.39 is 11.5 Å². The van der Waals surface area contributed by atoms with Gasteiger partial charge < -0.3 is 5.11 Å². The minimum Gasteiger partial charge on any atom is -0.480 e. The average molecular weight is 223 g/mol. The topological polar surface area (TPSA) is 40.5 Å². The zero-order valence-corrected chi connectivity index (χ0v) is 9.87. The fourth-order valence-electron chi connectivity index (χ4n) is 3.86. The van der Waals surface area contributed by atoms with Gasteiger partial charge in [0.2, 0.25) is 0 Å². The molecule has 1 saturated heterocycles. The number of aliphatic carboxylic acids is 1. The van der Waals surface area contributed by atoms with Gasteiger partial charge >= 0.3 is 5.97 Å². The van der Waals surface area contributed by atoms with Gasteiger partial charge in [-0.05, 0) is 31.1 Å². The quantitative estimate of drug-likeness (QED) is 0.780. The van der Waals surface area contributed by atoms with E-state index in [9.17, 15) is 9.90 Å². The summed E-state index contributed by atoms with van der Waals surface area (Å²) >= 11 is 0. The molecule has 1 heterocycles. The Labute approximate surface area is 96.8 Å². The van der Waals surface area contributed by atoms with E-state index in [1.165, 1.54) is 25.7 Å². The molecule has 90 valence electrons. The number of carboxylic acids is 1. The van der Waals surface area contributed by atoms with E-state index in [2.05, 4.69) is 4.90 Å². The third-order valence-electron chi connectivity index (χ3n) is 5.15. The highest BCUT2D eigenvalue weighted by Gasteiger charge is 2.56. The molecule has 2 aliphatic carbocycles. The normalized spacial score (nSPS) is 31.8. The highest BCUT2D eigenvalue weighted by atomic mass is 16.4. The van der Waals surface area contributed by atoms with Crippen LogP contribution in [0.1, 0.15) is 51.4 Å². The van der Waals surface area contributed by atoms with Crippen molar-refractivity contribution in [3.63, 3.8) is 0 Å². The van der Waals surface area contributed by atoms with Crippen LogP contribution < -0.4 is 0 Å². The summed E-state index contributed by atoms with van der Waals surface area (Å²) in [5.74, 6) is -0.568. The van der Waals surface area contributed by atoms with Gasteiger partial charge in [0.15, 0.2) is 0 Å². The van der Waals surface area contributed by atoms with Crippen LogP contribution >= 0.6 is 0 Å². The highest BCUT2D eigenvalue weighted by Crippen LogP contribution is 2.52. The van der Waals surface area contributed by atoms with Gasteiger partial charge in [-0.3, -0.25) is 9.69 Å². The Morgan fingerprint density at radius 2 is 1.56 bits per heavy atom. The Hall–Kier alpha value is -0.570. The minimum atomic E-state index is -0.568. The zero-order chi connectivity index (χ0) is 11.2. The Morgan fingerprint density at radius 1 is 0.938 bits per heavy atom. The third-order valence-corrected chi connectivity index (χ3v) is 5.15. The molecule has 0 aromatic carbocycles. The average Bonchev–Trinajstić information content (AvgIpc) is 2.14. The number of carbonyl (C=O) groups is 1. The SMILES string of the molecule is O=C(O)C1(N2CC3(CCC3)C2)CCCCC1. The Balaban J connectivity index is 1.72. The number of carboxylic acid groups (broad SMARTS) is 1. The molecular weight excluding hydrogens is 202 g/mol. The maximum atomic E-state index is 11.6. The molecule has 0 aromatic heterocycles. The second-order valence-electron chi connectivity index (χ2n) is 6.11. The van der Waals surface area contributed by atoms with Crippen molar-refractivity contribution in [2.75, 3.05) is 13.1 Å². The summed E-state index contributed by atoms with van der Waals surface area (Å²) in [6, 6.07) is 0. The van der Waals surface area contributed by atoms with Crippen molar-refractivity contribution in [1.82, 2.24) is 4.90 Å². The van der Waals surface area contributed by atoms with Crippen LogP contribution in [0.5, 0.6) is 0 Å². The van der Waals surface area contributed by atoms with Crippen LogP contribution in [0, 0.1) is 5.41 Å². The van der Waals surface area contributed by atoms with E-state index in [1.807, 2.05) is 0 Å². The Morgan fingerprint density at radius 3 is 2.00 bits per heavy atom. The molecule has 0 radical (unpaired) electrons. The van der Waals surface area contributed by atoms with Gasteiger partial charge in [-0.1, -0.05) is 25.7 Å². The zero-order valence-electron chi connectivity index (χ0n) is 9.87. The van der Waals surface area contributed by atoms with Gasteiger partial charge in [-0.2, -0.15) is 0 Å². The summed E-state index contributed by atoms with van der Waals surface area (Å²) in [5.41, 5.74) is 0.0546. The molecular formula is C13H21NO2.